The molecule has 4 heteroatoms. The molecule has 1 amide bonds. The topological polar surface area (TPSA) is 37.4 Å². The summed E-state index contributed by atoms with van der Waals surface area (Å²) in [5.74, 6) is -0.227. The molecule has 2 aliphatic heterocycles. The Hall–Kier alpha value is -2.72. The van der Waals surface area contributed by atoms with Gasteiger partial charge >= 0.3 is 0 Å². The van der Waals surface area contributed by atoms with E-state index >= 15 is 0 Å². The van der Waals surface area contributed by atoms with Crippen LogP contribution in [0.1, 0.15) is 48.7 Å². The molecule has 2 aromatic carbocycles. The third-order valence-corrected chi connectivity index (χ3v) is 6.15. The number of thiophene rings is 1. The van der Waals surface area contributed by atoms with Crippen molar-refractivity contribution in [1.29, 1.82) is 0 Å². The molecule has 0 bridgehead atoms. The lowest BCUT2D eigenvalue weighted by Gasteiger charge is -2.29. The van der Waals surface area contributed by atoms with E-state index in [1.807, 2.05) is 70.9 Å². The summed E-state index contributed by atoms with van der Waals surface area (Å²) in [7, 11) is 0. The number of nitrogens with zero attached hydrogens (tertiary/aromatic N) is 1. The number of rotatable bonds is 1. The average Bonchev–Trinajstić information content (AvgIpc) is 3.19. The van der Waals surface area contributed by atoms with Gasteiger partial charge in [-0.2, -0.15) is 0 Å². The zero-order valence-electron chi connectivity index (χ0n) is 13.4. The van der Waals surface area contributed by atoms with Gasteiger partial charge in [0.25, 0.3) is 5.91 Å². The lowest BCUT2D eigenvalue weighted by molar-refractivity contribution is 0.0677. The van der Waals surface area contributed by atoms with Crippen molar-refractivity contribution in [3.63, 3.8) is 0 Å². The Morgan fingerprint density at radius 2 is 1.68 bits per heavy atom. The van der Waals surface area contributed by atoms with Gasteiger partial charge in [-0.3, -0.25) is 9.59 Å². The van der Waals surface area contributed by atoms with Crippen LogP contribution >= 0.6 is 11.3 Å². The van der Waals surface area contributed by atoms with Gasteiger partial charge in [-0.1, -0.05) is 48.5 Å². The molecule has 0 N–H and O–H groups in total. The SMILES string of the molecule is O=C1c2sccc2CN2C(=O)c3ccccc3C2C1c1ccccc1. The second kappa shape index (κ2) is 5.39. The first kappa shape index (κ1) is 14.6. The van der Waals surface area contributed by atoms with Crippen molar-refractivity contribution in [1.82, 2.24) is 4.90 Å². The maximum absolute atomic E-state index is 13.4. The van der Waals surface area contributed by atoms with Gasteiger partial charge in [0, 0.05) is 12.1 Å². The number of carbonyl (C=O) groups is 2. The van der Waals surface area contributed by atoms with Gasteiger partial charge < -0.3 is 4.90 Å². The summed E-state index contributed by atoms with van der Waals surface area (Å²) < 4.78 is 0. The van der Waals surface area contributed by atoms with Crippen LogP contribution in [0.5, 0.6) is 0 Å². The molecule has 3 heterocycles. The molecule has 2 aliphatic rings. The molecular formula is C21H15NO2S. The quantitative estimate of drug-likeness (QED) is 0.654. The smallest absolute Gasteiger partial charge is 0.255 e. The molecule has 2 unspecified atom stereocenters. The van der Waals surface area contributed by atoms with Crippen LogP contribution in [-0.4, -0.2) is 16.6 Å². The number of ketones is 1. The Labute approximate surface area is 149 Å². The van der Waals surface area contributed by atoms with Gasteiger partial charge in [0.2, 0.25) is 0 Å². The fourth-order valence-electron chi connectivity index (χ4n) is 4.07. The van der Waals surface area contributed by atoms with Crippen molar-refractivity contribution in [2.24, 2.45) is 0 Å². The first-order valence-electron chi connectivity index (χ1n) is 8.31. The molecule has 1 aromatic heterocycles. The number of Topliss-reactive ketones (excluding diaryl/α,β-unsaturated/α-hetero) is 1. The summed E-state index contributed by atoms with van der Waals surface area (Å²) in [6.07, 6.45) is 0. The number of carbonyl (C=O) groups excluding carboxylic acids is 2. The first-order valence-corrected chi connectivity index (χ1v) is 9.19. The molecule has 0 saturated carbocycles. The van der Waals surface area contributed by atoms with Crippen LogP contribution < -0.4 is 0 Å². The zero-order valence-corrected chi connectivity index (χ0v) is 14.2. The molecule has 5 rings (SSSR count). The second-order valence-electron chi connectivity index (χ2n) is 6.49. The third-order valence-electron chi connectivity index (χ3n) is 5.17. The van der Waals surface area contributed by atoms with Crippen molar-refractivity contribution in [2.75, 3.05) is 0 Å². The van der Waals surface area contributed by atoms with E-state index in [4.69, 9.17) is 0 Å². The Kier molecular flexibility index (Phi) is 3.15. The van der Waals surface area contributed by atoms with E-state index in [0.29, 0.717) is 6.54 Å². The predicted molar refractivity (Wildman–Crippen MR) is 96.9 cm³/mol. The Morgan fingerprint density at radius 1 is 0.920 bits per heavy atom. The molecule has 122 valence electrons. The minimum atomic E-state index is -0.367. The van der Waals surface area contributed by atoms with Crippen molar-refractivity contribution in [3.8, 4) is 0 Å². The van der Waals surface area contributed by atoms with Gasteiger partial charge in [-0.25, -0.2) is 0 Å². The lowest BCUT2D eigenvalue weighted by Crippen LogP contribution is -2.31. The van der Waals surface area contributed by atoms with Crippen LogP contribution in [0.2, 0.25) is 0 Å². The first-order chi connectivity index (χ1) is 12.3. The highest BCUT2D eigenvalue weighted by Crippen LogP contribution is 2.48. The number of hydrogen-bond donors (Lipinski definition) is 0. The number of benzene rings is 2. The molecule has 3 nitrogen and oxygen atoms in total. The highest BCUT2D eigenvalue weighted by atomic mass is 32.1. The second-order valence-corrected chi connectivity index (χ2v) is 7.41. The van der Waals surface area contributed by atoms with E-state index in [0.717, 1.165) is 27.1 Å². The molecule has 2 atom stereocenters. The summed E-state index contributed by atoms with van der Waals surface area (Å²) in [6.45, 7) is 0.492. The van der Waals surface area contributed by atoms with Crippen molar-refractivity contribution >= 4 is 23.0 Å². The summed E-state index contributed by atoms with van der Waals surface area (Å²) in [5.41, 5.74) is 3.61. The molecule has 3 aromatic rings. The predicted octanol–water partition coefficient (Wildman–Crippen LogP) is 4.43. The summed E-state index contributed by atoms with van der Waals surface area (Å²) >= 11 is 1.48. The summed E-state index contributed by atoms with van der Waals surface area (Å²) in [6, 6.07) is 19.3. The normalized spacial score (nSPS) is 21.5. The van der Waals surface area contributed by atoms with Crippen molar-refractivity contribution < 1.29 is 9.59 Å². The van der Waals surface area contributed by atoms with Crippen LogP contribution in [0.3, 0.4) is 0 Å². The molecular weight excluding hydrogens is 330 g/mol. The Morgan fingerprint density at radius 3 is 2.52 bits per heavy atom. The van der Waals surface area contributed by atoms with Crippen LogP contribution in [0.4, 0.5) is 0 Å². The van der Waals surface area contributed by atoms with E-state index in [9.17, 15) is 9.59 Å². The number of fused-ring (bicyclic) bond motifs is 4. The Balaban J connectivity index is 1.77. The standard InChI is InChI=1S/C21H15NO2S/c23-19-17(13-6-2-1-3-7-13)18-15-8-4-5-9-16(15)21(24)22(18)12-14-10-11-25-20(14)19/h1-11,17-18H,12H2. The largest absolute Gasteiger partial charge is 0.326 e. The van der Waals surface area contributed by atoms with Gasteiger partial charge in [0.1, 0.15) is 0 Å². The van der Waals surface area contributed by atoms with Gasteiger partial charge in [-0.15, -0.1) is 11.3 Å². The highest BCUT2D eigenvalue weighted by Gasteiger charge is 2.47. The average molecular weight is 345 g/mol. The molecule has 0 radical (unpaired) electrons. The summed E-state index contributed by atoms with van der Waals surface area (Å²) in [5, 5.41) is 1.94. The van der Waals surface area contributed by atoms with Gasteiger partial charge in [-0.05, 0) is 34.2 Å². The van der Waals surface area contributed by atoms with E-state index in [1.54, 1.807) is 0 Å². The molecule has 25 heavy (non-hydrogen) atoms. The molecule has 0 spiro atoms. The van der Waals surface area contributed by atoms with Crippen LogP contribution in [-0.2, 0) is 6.54 Å². The van der Waals surface area contributed by atoms with E-state index < -0.39 is 0 Å². The van der Waals surface area contributed by atoms with Gasteiger partial charge in [0.15, 0.2) is 5.78 Å². The van der Waals surface area contributed by atoms with Crippen LogP contribution in [0, 0.1) is 0 Å². The summed E-state index contributed by atoms with van der Waals surface area (Å²) in [4.78, 5) is 29.1. The van der Waals surface area contributed by atoms with Crippen LogP contribution in [0.15, 0.2) is 66.0 Å². The maximum Gasteiger partial charge on any atom is 0.255 e. The van der Waals surface area contributed by atoms with Gasteiger partial charge in [0.05, 0.1) is 16.8 Å². The number of hydrogen-bond acceptors (Lipinski definition) is 3. The molecule has 0 aliphatic carbocycles. The third kappa shape index (κ3) is 2.04. The minimum absolute atomic E-state index is 0.0216. The fraction of sp³-hybridized carbons (Fsp3) is 0.143. The molecule has 0 saturated heterocycles. The Bertz CT molecular complexity index is 992. The van der Waals surface area contributed by atoms with E-state index in [2.05, 4.69) is 0 Å². The van der Waals surface area contributed by atoms with Crippen molar-refractivity contribution in [3.05, 3.63) is 93.2 Å². The fourth-order valence-corrected chi connectivity index (χ4v) is 4.96. The molecule has 0 fully saturated rings. The van der Waals surface area contributed by atoms with Crippen LogP contribution in [0.25, 0.3) is 0 Å². The maximum atomic E-state index is 13.4. The number of amides is 1. The van der Waals surface area contributed by atoms with E-state index in [-0.39, 0.29) is 23.7 Å². The van der Waals surface area contributed by atoms with E-state index in [1.165, 1.54) is 11.3 Å². The highest BCUT2D eigenvalue weighted by molar-refractivity contribution is 7.12. The monoisotopic (exact) mass is 345 g/mol. The lowest BCUT2D eigenvalue weighted by atomic mass is 9.84. The van der Waals surface area contributed by atoms with Crippen molar-refractivity contribution in [2.45, 2.75) is 18.5 Å². The zero-order chi connectivity index (χ0) is 17.0. The minimum Gasteiger partial charge on any atom is -0.326 e.